The van der Waals surface area contributed by atoms with Crippen molar-refractivity contribution in [1.82, 2.24) is 5.32 Å². The SMILES string of the molecule is COc1cccc([C@H]2OC(c3ccc(OCCCO)cc3)=N[C@@]2(C/C=C/c2ccccc2)C(=O)NCc2ccc(OC)c(OC)c2)c1. The van der Waals surface area contributed by atoms with Crippen molar-refractivity contribution in [2.45, 2.75) is 31.0 Å². The van der Waals surface area contributed by atoms with Crippen LogP contribution in [0.25, 0.3) is 6.08 Å². The highest BCUT2D eigenvalue weighted by atomic mass is 16.5. The Hall–Kier alpha value is -5.28. The highest BCUT2D eigenvalue weighted by molar-refractivity contribution is 6.01. The van der Waals surface area contributed by atoms with Gasteiger partial charge in [0, 0.05) is 31.6 Å². The van der Waals surface area contributed by atoms with Crippen LogP contribution in [0.4, 0.5) is 0 Å². The first-order valence-corrected chi connectivity index (χ1v) is 15.4. The maximum absolute atomic E-state index is 14.5. The Labute approximate surface area is 275 Å². The fourth-order valence-electron chi connectivity index (χ4n) is 5.38. The standard InChI is InChI=1S/C38H40N2O7/c1-43-32-14-7-13-30(25-32)35-38(21-8-12-27-10-5-4-6-11-27,37(42)39-26-28-15-20-33(44-2)34(24-28)45-3)40-36(47-35)29-16-18-31(19-17-29)46-23-9-22-41/h4-8,10-20,24-25,35,41H,9,21-23,26H2,1-3H3,(H,39,42)/b12-8+/t35-,38-/m1/s1. The van der Waals surface area contributed by atoms with Gasteiger partial charge in [0.2, 0.25) is 5.90 Å². The van der Waals surface area contributed by atoms with E-state index in [1.165, 1.54) is 0 Å². The number of benzene rings is 4. The van der Waals surface area contributed by atoms with Gasteiger partial charge in [-0.1, -0.05) is 60.7 Å². The Bertz CT molecular complexity index is 1690. The van der Waals surface area contributed by atoms with Gasteiger partial charge in [0.1, 0.15) is 11.5 Å². The van der Waals surface area contributed by atoms with Crippen LogP contribution in [-0.4, -0.2) is 57.0 Å². The number of nitrogens with zero attached hydrogens (tertiary/aromatic N) is 1. The molecule has 0 aliphatic carbocycles. The molecule has 0 radical (unpaired) electrons. The number of aliphatic hydroxyl groups is 1. The van der Waals surface area contributed by atoms with Crippen molar-refractivity contribution in [3.8, 4) is 23.0 Å². The summed E-state index contributed by atoms with van der Waals surface area (Å²) in [7, 11) is 4.76. The van der Waals surface area contributed by atoms with Gasteiger partial charge in [-0.2, -0.15) is 0 Å². The van der Waals surface area contributed by atoms with Crippen LogP contribution >= 0.6 is 0 Å². The molecular formula is C38H40N2O7. The highest BCUT2D eigenvalue weighted by Gasteiger charge is 2.52. The number of carbonyl (C=O) groups is 1. The zero-order chi connectivity index (χ0) is 33.1. The number of hydrogen-bond donors (Lipinski definition) is 2. The largest absolute Gasteiger partial charge is 0.497 e. The van der Waals surface area contributed by atoms with Crippen LogP contribution in [0.1, 0.15) is 41.2 Å². The molecule has 4 aromatic carbocycles. The number of ether oxygens (including phenoxy) is 5. The van der Waals surface area contributed by atoms with E-state index in [0.29, 0.717) is 47.5 Å². The van der Waals surface area contributed by atoms with Crippen LogP contribution in [0.2, 0.25) is 0 Å². The number of aliphatic imine (C=N–C) groups is 1. The fourth-order valence-corrected chi connectivity index (χ4v) is 5.38. The summed E-state index contributed by atoms with van der Waals surface area (Å²) in [6, 6.07) is 30.3. The Kier molecular flexibility index (Phi) is 11.1. The topological polar surface area (TPSA) is 108 Å². The second-order valence-electron chi connectivity index (χ2n) is 11.0. The van der Waals surface area contributed by atoms with Crippen LogP contribution in [-0.2, 0) is 16.1 Å². The molecule has 1 heterocycles. The number of methoxy groups -OCH3 is 3. The molecule has 1 amide bonds. The molecule has 9 nitrogen and oxygen atoms in total. The minimum atomic E-state index is -1.36. The minimum Gasteiger partial charge on any atom is -0.497 e. The Morgan fingerprint density at radius 1 is 0.894 bits per heavy atom. The van der Waals surface area contributed by atoms with E-state index in [-0.39, 0.29) is 25.5 Å². The second-order valence-corrected chi connectivity index (χ2v) is 11.0. The average molecular weight is 637 g/mol. The van der Waals surface area contributed by atoms with E-state index in [1.807, 2.05) is 109 Å². The first-order chi connectivity index (χ1) is 23.0. The number of aliphatic hydroxyl groups excluding tert-OH is 1. The van der Waals surface area contributed by atoms with E-state index in [0.717, 1.165) is 16.7 Å². The normalized spacial score (nSPS) is 17.1. The molecule has 0 saturated heterocycles. The molecule has 1 aliphatic heterocycles. The van der Waals surface area contributed by atoms with Crippen LogP contribution in [0.15, 0.2) is 108 Å². The van der Waals surface area contributed by atoms with E-state index < -0.39 is 11.6 Å². The molecule has 9 heteroatoms. The van der Waals surface area contributed by atoms with Crippen LogP contribution < -0.4 is 24.3 Å². The number of rotatable bonds is 15. The molecule has 4 aromatic rings. The lowest BCUT2D eigenvalue weighted by Crippen LogP contribution is -2.47. The lowest BCUT2D eigenvalue weighted by atomic mass is 9.84. The van der Waals surface area contributed by atoms with E-state index >= 15 is 0 Å². The highest BCUT2D eigenvalue weighted by Crippen LogP contribution is 2.44. The first kappa shape index (κ1) is 33.1. The first-order valence-electron chi connectivity index (χ1n) is 15.4. The molecule has 1 aliphatic rings. The molecule has 0 bridgehead atoms. The van der Waals surface area contributed by atoms with Crippen molar-refractivity contribution in [2.24, 2.45) is 4.99 Å². The molecule has 0 saturated carbocycles. The summed E-state index contributed by atoms with van der Waals surface area (Å²) in [6.07, 6.45) is 3.98. The maximum Gasteiger partial charge on any atom is 0.252 e. The summed E-state index contributed by atoms with van der Waals surface area (Å²) in [5.41, 5.74) is 1.94. The smallest absolute Gasteiger partial charge is 0.252 e. The van der Waals surface area contributed by atoms with Crippen LogP contribution in [0.5, 0.6) is 23.0 Å². The molecule has 0 aromatic heterocycles. The van der Waals surface area contributed by atoms with E-state index in [2.05, 4.69) is 5.32 Å². The van der Waals surface area contributed by atoms with Gasteiger partial charge in [-0.15, -0.1) is 0 Å². The van der Waals surface area contributed by atoms with Crippen LogP contribution in [0, 0.1) is 0 Å². The molecule has 5 rings (SSSR count). The molecule has 0 unspecified atom stereocenters. The van der Waals surface area contributed by atoms with Gasteiger partial charge in [0.05, 0.1) is 27.9 Å². The van der Waals surface area contributed by atoms with Gasteiger partial charge >= 0.3 is 0 Å². The lowest BCUT2D eigenvalue weighted by Gasteiger charge is -2.30. The molecule has 2 atom stereocenters. The zero-order valence-corrected chi connectivity index (χ0v) is 26.8. The average Bonchev–Trinajstić information content (AvgIpc) is 3.52. The third kappa shape index (κ3) is 7.93. The second kappa shape index (κ2) is 15.8. The number of hydrogen-bond acceptors (Lipinski definition) is 8. The van der Waals surface area contributed by atoms with Gasteiger partial charge in [-0.05, 0) is 65.2 Å². The molecule has 0 spiro atoms. The summed E-state index contributed by atoms with van der Waals surface area (Å²) >= 11 is 0. The van der Waals surface area contributed by atoms with Gasteiger partial charge in [0.25, 0.3) is 5.91 Å². The van der Waals surface area contributed by atoms with Crippen molar-refractivity contribution in [1.29, 1.82) is 0 Å². The Balaban J connectivity index is 1.53. The number of nitrogens with one attached hydrogen (secondary N) is 1. The molecular weight excluding hydrogens is 596 g/mol. The summed E-state index contributed by atoms with van der Waals surface area (Å²) in [4.78, 5) is 19.6. The van der Waals surface area contributed by atoms with Crippen LogP contribution in [0.3, 0.4) is 0 Å². The summed E-state index contributed by atoms with van der Waals surface area (Å²) < 4.78 is 28.7. The van der Waals surface area contributed by atoms with Gasteiger partial charge < -0.3 is 34.1 Å². The molecule has 244 valence electrons. The Morgan fingerprint density at radius 3 is 2.40 bits per heavy atom. The summed E-state index contributed by atoms with van der Waals surface area (Å²) in [6.45, 7) is 0.699. The number of carbonyl (C=O) groups excluding carboxylic acids is 1. The van der Waals surface area contributed by atoms with Crippen molar-refractivity contribution in [3.63, 3.8) is 0 Å². The predicted molar refractivity (Wildman–Crippen MR) is 181 cm³/mol. The van der Waals surface area contributed by atoms with Crippen molar-refractivity contribution >= 4 is 17.9 Å². The van der Waals surface area contributed by atoms with Crippen molar-refractivity contribution in [2.75, 3.05) is 34.5 Å². The zero-order valence-electron chi connectivity index (χ0n) is 26.8. The Morgan fingerprint density at radius 2 is 1.68 bits per heavy atom. The molecule has 0 fully saturated rings. The van der Waals surface area contributed by atoms with Gasteiger partial charge in [0.15, 0.2) is 23.1 Å². The minimum absolute atomic E-state index is 0.0588. The third-order valence-corrected chi connectivity index (χ3v) is 7.87. The van der Waals surface area contributed by atoms with E-state index in [1.54, 1.807) is 21.3 Å². The van der Waals surface area contributed by atoms with E-state index in [4.69, 9.17) is 33.8 Å². The van der Waals surface area contributed by atoms with Crippen molar-refractivity contribution < 1.29 is 33.6 Å². The molecule has 2 N–H and O–H groups in total. The van der Waals surface area contributed by atoms with Crippen molar-refractivity contribution in [3.05, 3.63) is 125 Å². The fraction of sp³-hybridized carbons (Fsp3) is 0.263. The maximum atomic E-state index is 14.5. The summed E-state index contributed by atoms with van der Waals surface area (Å²) in [5, 5.41) is 12.2. The third-order valence-electron chi connectivity index (χ3n) is 7.87. The monoisotopic (exact) mass is 636 g/mol. The summed E-state index contributed by atoms with van der Waals surface area (Å²) in [5.74, 6) is 2.53. The molecule has 47 heavy (non-hydrogen) atoms. The predicted octanol–water partition coefficient (Wildman–Crippen LogP) is 6.15. The lowest BCUT2D eigenvalue weighted by molar-refractivity contribution is -0.129. The van der Waals surface area contributed by atoms with E-state index in [9.17, 15) is 4.79 Å². The van der Waals surface area contributed by atoms with Gasteiger partial charge in [-0.3, -0.25) is 4.79 Å². The quantitative estimate of drug-likeness (QED) is 0.151. The number of amides is 1. The van der Waals surface area contributed by atoms with Gasteiger partial charge in [-0.25, -0.2) is 4.99 Å².